The summed E-state index contributed by atoms with van der Waals surface area (Å²) in [5.74, 6) is 0. The molecule has 1 atom stereocenters. The van der Waals surface area contributed by atoms with Gasteiger partial charge in [-0.2, -0.15) is 0 Å². The van der Waals surface area contributed by atoms with Crippen LogP contribution >= 0.6 is 7.52 Å². The summed E-state index contributed by atoms with van der Waals surface area (Å²) in [6.07, 6.45) is -0.0583. The van der Waals surface area contributed by atoms with Crippen LogP contribution in [0.5, 0.6) is 0 Å². The van der Waals surface area contributed by atoms with Crippen molar-refractivity contribution in [3.63, 3.8) is 0 Å². The molecule has 5 heteroatoms. The standard InChI is InChI=1S/C6H16NO3P/c1-6(2)10-11(3,9)7-4-5-8/h6,8H,4-5H2,1-3H3,(H,7,9). The lowest BCUT2D eigenvalue weighted by Gasteiger charge is -2.16. The minimum Gasteiger partial charge on any atom is -0.395 e. The maximum absolute atomic E-state index is 11.3. The van der Waals surface area contributed by atoms with Crippen molar-refractivity contribution >= 4 is 7.52 Å². The van der Waals surface area contributed by atoms with Crippen LogP contribution in [-0.4, -0.2) is 31.0 Å². The van der Waals surface area contributed by atoms with Gasteiger partial charge in [0.05, 0.1) is 12.7 Å². The van der Waals surface area contributed by atoms with Crippen molar-refractivity contribution in [2.24, 2.45) is 0 Å². The smallest absolute Gasteiger partial charge is 0.267 e. The zero-order valence-electron chi connectivity index (χ0n) is 7.20. The molecule has 0 saturated heterocycles. The molecule has 0 radical (unpaired) electrons. The molecular weight excluding hydrogens is 165 g/mol. The van der Waals surface area contributed by atoms with Gasteiger partial charge in [-0.3, -0.25) is 4.57 Å². The van der Waals surface area contributed by atoms with E-state index in [0.29, 0.717) is 6.54 Å². The number of hydrogen-bond donors (Lipinski definition) is 2. The predicted molar refractivity (Wildman–Crippen MR) is 44.8 cm³/mol. The lowest BCUT2D eigenvalue weighted by molar-refractivity contribution is 0.236. The molecule has 0 amide bonds. The first-order valence-electron chi connectivity index (χ1n) is 3.60. The van der Waals surface area contributed by atoms with Crippen molar-refractivity contribution in [1.29, 1.82) is 0 Å². The third kappa shape index (κ3) is 6.51. The third-order valence-corrected chi connectivity index (χ3v) is 2.54. The fourth-order valence-corrected chi connectivity index (χ4v) is 2.08. The van der Waals surface area contributed by atoms with Crippen LogP contribution in [0.25, 0.3) is 0 Å². The molecule has 0 aromatic carbocycles. The molecule has 11 heavy (non-hydrogen) atoms. The summed E-state index contributed by atoms with van der Waals surface area (Å²) in [6.45, 7) is 5.41. The van der Waals surface area contributed by atoms with E-state index in [1.54, 1.807) is 0 Å². The lowest BCUT2D eigenvalue weighted by atomic mass is 10.5. The maximum Gasteiger partial charge on any atom is 0.267 e. The van der Waals surface area contributed by atoms with Crippen LogP contribution in [0.4, 0.5) is 0 Å². The van der Waals surface area contributed by atoms with Crippen LogP contribution in [-0.2, 0) is 9.09 Å². The Morgan fingerprint density at radius 2 is 2.18 bits per heavy atom. The maximum atomic E-state index is 11.3. The number of rotatable bonds is 5. The first-order chi connectivity index (χ1) is 4.98. The summed E-state index contributed by atoms with van der Waals surface area (Å²) >= 11 is 0. The van der Waals surface area contributed by atoms with Gasteiger partial charge in [-0.25, -0.2) is 5.09 Å². The van der Waals surface area contributed by atoms with Crippen molar-refractivity contribution in [3.8, 4) is 0 Å². The Bertz CT molecular complexity index is 149. The van der Waals surface area contributed by atoms with Crippen LogP contribution in [0, 0.1) is 0 Å². The molecule has 0 aliphatic heterocycles. The van der Waals surface area contributed by atoms with Crippen LogP contribution in [0.3, 0.4) is 0 Å². The molecule has 0 bridgehead atoms. The Labute approximate surface area is 67.5 Å². The highest BCUT2D eigenvalue weighted by atomic mass is 31.2. The molecule has 0 spiro atoms. The summed E-state index contributed by atoms with van der Waals surface area (Å²) in [6, 6.07) is 0. The van der Waals surface area contributed by atoms with Gasteiger partial charge < -0.3 is 9.63 Å². The number of hydrogen-bond acceptors (Lipinski definition) is 3. The topological polar surface area (TPSA) is 58.6 Å². The van der Waals surface area contributed by atoms with E-state index in [1.807, 2.05) is 13.8 Å². The van der Waals surface area contributed by atoms with Crippen LogP contribution in [0.15, 0.2) is 0 Å². The second-order valence-corrected chi connectivity index (χ2v) is 4.85. The molecule has 0 saturated carbocycles. The van der Waals surface area contributed by atoms with Gasteiger partial charge in [-0.05, 0) is 13.8 Å². The summed E-state index contributed by atoms with van der Waals surface area (Å²) in [5.41, 5.74) is 0. The molecule has 2 N–H and O–H groups in total. The van der Waals surface area contributed by atoms with Gasteiger partial charge in [0.15, 0.2) is 0 Å². The van der Waals surface area contributed by atoms with Crippen LogP contribution < -0.4 is 5.09 Å². The van der Waals surface area contributed by atoms with E-state index in [4.69, 9.17) is 9.63 Å². The van der Waals surface area contributed by atoms with E-state index >= 15 is 0 Å². The van der Waals surface area contributed by atoms with Crippen LogP contribution in [0.1, 0.15) is 13.8 Å². The van der Waals surface area contributed by atoms with Crippen molar-refractivity contribution < 1.29 is 14.2 Å². The number of aliphatic hydroxyl groups is 1. The SMILES string of the molecule is CC(C)OP(C)(=O)NCCO. The van der Waals surface area contributed by atoms with Gasteiger partial charge in [0.1, 0.15) is 0 Å². The van der Waals surface area contributed by atoms with E-state index in [2.05, 4.69) is 5.09 Å². The Kier molecular flexibility index (Phi) is 4.93. The molecular formula is C6H16NO3P. The minimum absolute atomic E-state index is 0.0285. The van der Waals surface area contributed by atoms with Gasteiger partial charge in [-0.15, -0.1) is 0 Å². The zero-order chi connectivity index (χ0) is 8.91. The molecule has 0 aliphatic carbocycles. The van der Waals surface area contributed by atoms with Gasteiger partial charge in [0.25, 0.3) is 7.52 Å². The zero-order valence-corrected chi connectivity index (χ0v) is 8.10. The Balaban J connectivity index is 3.71. The molecule has 4 nitrogen and oxygen atoms in total. The van der Waals surface area contributed by atoms with Crippen molar-refractivity contribution in [1.82, 2.24) is 5.09 Å². The first-order valence-corrected chi connectivity index (χ1v) is 5.67. The van der Waals surface area contributed by atoms with E-state index in [1.165, 1.54) is 6.66 Å². The predicted octanol–water partition coefficient (Wildman–Crippen LogP) is 0.816. The second-order valence-electron chi connectivity index (χ2n) is 2.63. The summed E-state index contributed by atoms with van der Waals surface area (Å²) in [7, 11) is -2.68. The second kappa shape index (κ2) is 4.88. The summed E-state index contributed by atoms with van der Waals surface area (Å²) in [4.78, 5) is 0. The average molecular weight is 181 g/mol. The highest BCUT2D eigenvalue weighted by molar-refractivity contribution is 7.56. The number of nitrogens with one attached hydrogen (secondary N) is 1. The van der Waals surface area contributed by atoms with Gasteiger partial charge in [-0.1, -0.05) is 0 Å². The Hall–Kier alpha value is 0.110. The van der Waals surface area contributed by atoms with Crippen molar-refractivity contribution in [2.75, 3.05) is 19.8 Å². The normalized spacial score (nSPS) is 16.8. The van der Waals surface area contributed by atoms with E-state index in [9.17, 15) is 4.57 Å². The van der Waals surface area contributed by atoms with Gasteiger partial charge in [0, 0.05) is 13.2 Å². The summed E-state index contributed by atoms with van der Waals surface area (Å²) < 4.78 is 16.4. The molecule has 0 aliphatic rings. The third-order valence-electron chi connectivity index (χ3n) is 0.923. The van der Waals surface area contributed by atoms with E-state index in [-0.39, 0.29) is 12.7 Å². The molecule has 0 aromatic heterocycles. The molecule has 0 rings (SSSR count). The van der Waals surface area contributed by atoms with Crippen molar-refractivity contribution in [3.05, 3.63) is 0 Å². The van der Waals surface area contributed by atoms with E-state index in [0.717, 1.165) is 0 Å². The molecule has 0 fully saturated rings. The molecule has 0 heterocycles. The minimum atomic E-state index is -2.68. The fraction of sp³-hybridized carbons (Fsp3) is 1.00. The van der Waals surface area contributed by atoms with Gasteiger partial charge >= 0.3 is 0 Å². The first kappa shape index (κ1) is 11.1. The van der Waals surface area contributed by atoms with Crippen molar-refractivity contribution in [2.45, 2.75) is 20.0 Å². The fourth-order valence-electron chi connectivity index (χ4n) is 0.693. The largest absolute Gasteiger partial charge is 0.395 e. The van der Waals surface area contributed by atoms with E-state index < -0.39 is 7.52 Å². The van der Waals surface area contributed by atoms with Crippen LogP contribution in [0.2, 0.25) is 0 Å². The molecule has 0 aromatic rings. The number of aliphatic hydroxyl groups excluding tert-OH is 1. The quantitative estimate of drug-likeness (QED) is 0.616. The monoisotopic (exact) mass is 181 g/mol. The average Bonchev–Trinajstić information content (AvgIpc) is 1.81. The Morgan fingerprint density at radius 3 is 2.55 bits per heavy atom. The highest BCUT2D eigenvalue weighted by Crippen LogP contribution is 2.38. The molecule has 1 unspecified atom stereocenters. The highest BCUT2D eigenvalue weighted by Gasteiger charge is 2.15. The molecule has 68 valence electrons. The van der Waals surface area contributed by atoms with Gasteiger partial charge in [0.2, 0.25) is 0 Å². The Morgan fingerprint density at radius 1 is 1.64 bits per heavy atom. The summed E-state index contributed by atoms with van der Waals surface area (Å²) in [5, 5.41) is 11.0. The lowest BCUT2D eigenvalue weighted by Crippen LogP contribution is -2.18.